The first-order chi connectivity index (χ1) is 11.7. The number of benzene rings is 3. The lowest BCUT2D eigenvalue weighted by atomic mass is 9.85. The molecule has 0 saturated carbocycles. The SMILES string of the molecule is O=C(c1ccccc1)C(O)(/C=C/c1ccccc1)c1ccccc1. The zero-order valence-corrected chi connectivity index (χ0v) is 13.2. The third-order valence-electron chi connectivity index (χ3n) is 3.91. The molecule has 0 aliphatic heterocycles. The molecule has 0 aliphatic carbocycles. The summed E-state index contributed by atoms with van der Waals surface area (Å²) in [5.41, 5.74) is 0.235. The van der Waals surface area contributed by atoms with E-state index in [9.17, 15) is 9.90 Å². The number of carbonyl (C=O) groups is 1. The molecule has 3 rings (SSSR count). The van der Waals surface area contributed by atoms with Crippen LogP contribution < -0.4 is 0 Å². The van der Waals surface area contributed by atoms with Gasteiger partial charge in [-0.1, -0.05) is 97.1 Å². The first-order valence-corrected chi connectivity index (χ1v) is 7.82. The van der Waals surface area contributed by atoms with Gasteiger partial charge in [-0.05, 0) is 17.2 Å². The predicted molar refractivity (Wildman–Crippen MR) is 96.6 cm³/mol. The van der Waals surface area contributed by atoms with Crippen LogP contribution in [0.1, 0.15) is 21.5 Å². The first kappa shape index (κ1) is 15.9. The van der Waals surface area contributed by atoms with Crippen LogP contribution >= 0.6 is 0 Å². The fraction of sp³-hybridized carbons (Fsp3) is 0.0455. The van der Waals surface area contributed by atoms with Gasteiger partial charge in [-0.2, -0.15) is 0 Å². The quantitative estimate of drug-likeness (QED) is 0.705. The van der Waals surface area contributed by atoms with Crippen molar-refractivity contribution in [2.45, 2.75) is 5.60 Å². The predicted octanol–water partition coefficient (Wildman–Crippen LogP) is 4.47. The highest BCUT2D eigenvalue weighted by atomic mass is 16.3. The number of hydrogen-bond donors (Lipinski definition) is 1. The number of hydrogen-bond acceptors (Lipinski definition) is 2. The molecule has 3 aromatic carbocycles. The average Bonchev–Trinajstić information content (AvgIpc) is 2.68. The van der Waals surface area contributed by atoms with E-state index in [0.29, 0.717) is 11.1 Å². The van der Waals surface area contributed by atoms with Crippen LogP contribution in [0.25, 0.3) is 6.08 Å². The highest BCUT2D eigenvalue weighted by Crippen LogP contribution is 2.28. The molecule has 2 heteroatoms. The third kappa shape index (κ3) is 3.34. The Morgan fingerprint density at radius 3 is 1.83 bits per heavy atom. The second-order valence-corrected chi connectivity index (χ2v) is 5.57. The molecule has 3 aromatic rings. The van der Waals surface area contributed by atoms with Gasteiger partial charge in [-0.25, -0.2) is 0 Å². The van der Waals surface area contributed by atoms with E-state index in [4.69, 9.17) is 0 Å². The monoisotopic (exact) mass is 314 g/mol. The molecule has 2 nitrogen and oxygen atoms in total. The molecule has 0 radical (unpaired) electrons. The average molecular weight is 314 g/mol. The second kappa shape index (κ2) is 7.07. The van der Waals surface area contributed by atoms with Gasteiger partial charge >= 0.3 is 0 Å². The Kier molecular flexibility index (Phi) is 4.69. The van der Waals surface area contributed by atoms with Crippen LogP contribution in [-0.4, -0.2) is 10.9 Å². The summed E-state index contributed by atoms with van der Waals surface area (Å²) in [6.07, 6.45) is 3.33. The van der Waals surface area contributed by atoms with Gasteiger partial charge in [0.15, 0.2) is 5.60 Å². The van der Waals surface area contributed by atoms with E-state index in [1.165, 1.54) is 0 Å². The Labute approximate surface area is 141 Å². The van der Waals surface area contributed by atoms with E-state index in [1.54, 1.807) is 48.6 Å². The Morgan fingerprint density at radius 1 is 0.750 bits per heavy atom. The fourth-order valence-electron chi connectivity index (χ4n) is 2.59. The molecular weight excluding hydrogens is 296 g/mol. The van der Waals surface area contributed by atoms with Gasteiger partial charge in [0.1, 0.15) is 0 Å². The van der Waals surface area contributed by atoms with Crippen molar-refractivity contribution in [2.24, 2.45) is 0 Å². The van der Waals surface area contributed by atoms with Crippen LogP contribution in [0.15, 0.2) is 97.1 Å². The molecule has 24 heavy (non-hydrogen) atoms. The van der Waals surface area contributed by atoms with Gasteiger partial charge in [0, 0.05) is 5.56 Å². The van der Waals surface area contributed by atoms with Gasteiger partial charge in [-0.15, -0.1) is 0 Å². The minimum Gasteiger partial charge on any atom is -0.373 e. The number of rotatable bonds is 5. The zero-order chi connectivity index (χ0) is 16.8. The van der Waals surface area contributed by atoms with Crippen molar-refractivity contribution in [1.82, 2.24) is 0 Å². The molecule has 0 aliphatic rings. The van der Waals surface area contributed by atoms with E-state index in [2.05, 4.69) is 0 Å². The van der Waals surface area contributed by atoms with Crippen molar-refractivity contribution >= 4 is 11.9 Å². The van der Waals surface area contributed by atoms with Crippen molar-refractivity contribution in [3.05, 3.63) is 114 Å². The number of aliphatic hydroxyl groups is 1. The highest BCUT2D eigenvalue weighted by Gasteiger charge is 2.35. The van der Waals surface area contributed by atoms with Crippen LogP contribution in [0.5, 0.6) is 0 Å². The summed E-state index contributed by atoms with van der Waals surface area (Å²) in [6, 6.07) is 27.5. The largest absolute Gasteiger partial charge is 0.373 e. The summed E-state index contributed by atoms with van der Waals surface area (Å²) in [6.45, 7) is 0. The van der Waals surface area contributed by atoms with Crippen molar-refractivity contribution in [3.8, 4) is 0 Å². The van der Waals surface area contributed by atoms with E-state index < -0.39 is 5.60 Å². The Bertz CT molecular complexity index is 824. The normalized spacial score (nSPS) is 13.5. The van der Waals surface area contributed by atoms with Crippen LogP contribution in [0, 0.1) is 0 Å². The molecule has 0 fully saturated rings. The van der Waals surface area contributed by atoms with Crippen LogP contribution in [0.2, 0.25) is 0 Å². The van der Waals surface area contributed by atoms with Crippen molar-refractivity contribution < 1.29 is 9.90 Å². The van der Waals surface area contributed by atoms with Crippen LogP contribution in [0.4, 0.5) is 0 Å². The minimum absolute atomic E-state index is 0.346. The molecule has 0 bridgehead atoms. The van der Waals surface area contributed by atoms with E-state index in [-0.39, 0.29) is 5.78 Å². The minimum atomic E-state index is -1.71. The maximum atomic E-state index is 13.0. The molecule has 0 saturated heterocycles. The second-order valence-electron chi connectivity index (χ2n) is 5.57. The number of Topliss-reactive ketones (excluding diaryl/α,β-unsaturated/α-hetero) is 1. The molecule has 118 valence electrons. The van der Waals surface area contributed by atoms with Gasteiger partial charge in [0.25, 0.3) is 0 Å². The third-order valence-corrected chi connectivity index (χ3v) is 3.91. The zero-order valence-electron chi connectivity index (χ0n) is 13.2. The summed E-state index contributed by atoms with van der Waals surface area (Å²) >= 11 is 0. The Morgan fingerprint density at radius 2 is 1.25 bits per heavy atom. The Hall–Kier alpha value is -2.97. The molecule has 0 heterocycles. The summed E-state index contributed by atoms with van der Waals surface area (Å²) in [5.74, 6) is -0.346. The highest BCUT2D eigenvalue weighted by molar-refractivity contribution is 6.04. The standard InChI is InChI=1S/C22H18O2/c23-21(19-12-6-2-7-13-19)22(24,20-14-8-3-9-15-20)17-16-18-10-4-1-5-11-18/h1-17,24H/b17-16+. The lowest BCUT2D eigenvalue weighted by Crippen LogP contribution is -2.33. The van der Waals surface area contributed by atoms with Gasteiger partial charge < -0.3 is 5.11 Å². The van der Waals surface area contributed by atoms with Crippen LogP contribution in [-0.2, 0) is 5.60 Å². The van der Waals surface area contributed by atoms with Gasteiger partial charge in [0.2, 0.25) is 5.78 Å². The Balaban J connectivity index is 2.05. The molecule has 0 amide bonds. The van der Waals surface area contributed by atoms with Crippen LogP contribution in [0.3, 0.4) is 0 Å². The number of ketones is 1. The van der Waals surface area contributed by atoms with Gasteiger partial charge in [-0.3, -0.25) is 4.79 Å². The lowest BCUT2D eigenvalue weighted by Gasteiger charge is -2.24. The topological polar surface area (TPSA) is 37.3 Å². The van der Waals surface area contributed by atoms with Crippen molar-refractivity contribution in [2.75, 3.05) is 0 Å². The van der Waals surface area contributed by atoms with Crippen molar-refractivity contribution in [3.63, 3.8) is 0 Å². The summed E-state index contributed by atoms with van der Waals surface area (Å²) in [4.78, 5) is 13.0. The summed E-state index contributed by atoms with van der Waals surface area (Å²) in [7, 11) is 0. The first-order valence-electron chi connectivity index (χ1n) is 7.82. The lowest BCUT2D eigenvalue weighted by molar-refractivity contribution is 0.0521. The summed E-state index contributed by atoms with van der Waals surface area (Å²) in [5, 5.41) is 11.2. The smallest absolute Gasteiger partial charge is 0.202 e. The molecular formula is C22H18O2. The molecule has 1 atom stereocenters. The molecule has 0 aromatic heterocycles. The van der Waals surface area contributed by atoms with E-state index in [0.717, 1.165) is 5.56 Å². The van der Waals surface area contributed by atoms with Crippen molar-refractivity contribution in [1.29, 1.82) is 0 Å². The molecule has 1 N–H and O–H groups in total. The maximum absolute atomic E-state index is 13.0. The molecule has 1 unspecified atom stereocenters. The van der Waals surface area contributed by atoms with E-state index in [1.807, 2.05) is 54.6 Å². The maximum Gasteiger partial charge on any atom is 0.202 e. The fourth-order valence-corrected chi connectivity index (χ4v) is 2.59. The summed E-state index contributed by atoms with van der Waals surface area (Å²) < 4.78 is 0. The van der Waals surface area contributed by atoms with Gasteiger partial charge in [0.05, 0.1) is 0 Å². The molecule has 0 spiro atoms. The van der Waals surface area contributed by atoms with E-state index >= 15 is 0 Å². The number of carbonyl (C=O) groups excluding carboxylic acids is 1.